The summed E-state index contributed by atoms with van der Waals surface area (Å²) < 4.78 is 74.9. The molecule has 2 saturated heterocycles. The molecule has 10 nitrogen and oxygen atoms in total. The van der Waals surface area contributed by atoms with Gasteiger partial charge in [-0.05, 0) is 25.0 Å². The summed E-state index contributed by atoms with van der Waals surface area (Å²) in [5.41, 5.74) is 1.21. The van der Waals surface area contributed by atoms with E-state index < -0.39 is 24.3 Å². The van der Waals surface area contributed by atoms with Gasteiger partial charge in [0.2, 0.25) is 5.95 Å². The number of carboxylic acid groups (broad SMARTS) is 2. The van der Waals surface area contributed by atoms with Crippen LogP contribution in [0.3, 0.4) is 0 Å². The average molecular weight is 542 g/mol. The highest BCUT2D eigenvalue weighted by Gasteiger charge is 2.40. The van der Waals surface area contributed by atoms with Gasteiger partial charge in [-0.15, -0.1) is 0 Å². The summed E-state index contributed by atoms with van der Waals surface area (Å²) in [5.74, 6) is -4.69. The number of alkyl halides is 6. The molecule has 0 atom stereocenters. The fourth-order valence-corrected chi connectivity index (χ4v) is 3.57. The Morgan fingerprint density at radius 1 is 0.973 bits per heavy atom. The van der Waals surface area contributed by atoms with Crippen molar-refractivity contribution in [2.75, 3.05) is 37.7 Å². The van der Waals surface area contributed by atoms with E-state index in [4.69, 9.17) is 29.0 Å². The van der Waals surface area contributed by atoms with Gasteiger partial charge in [-0.25, -0.2) is 19.6 Å². The van der Waals surface area contributed by atoms with Gasteiger partial charge in [0.05, 0.1) is 24.7 Å². The number of piperidine rings is 1. The SMILES string of the molecule is O=C(O)C(F)(F)F.O=C(O)C(F)(F)F.c1cnc(N2CCC3(CC2)CN(Cc2ccoc2)CCO3)nc1. The molecule has 16 heteroatoms. The maximum atomic E-state index is 10.6. The predicted molar refractivity (Wildman–Crippen MR) is 114 cm³/mol. The Kier molecular flexibility index (Phi) is 10.2. The van der Waals surface area contributed by atoms with Crippen molar-refractivity contribution in [1.29, 1.82) is 0 Å². The van der Waals surface area contributed by atoms with Crippen molar-refractivity contribution >= 4 is 17.9 Å². The van der Waals surface area contributed by atoms with E-state index in [1.54, 1.807) is 18.7 Å². The number of rotatable bonds is 3. The third-order valence-electron chi connectivity index (χ3n) is 5.31. The van der Waals surface area contributed by atoms with Crippen molar-refractivity contribution in [3.63, 3.8) is 0 Å². The number of carboxylic acids is 2. The van der Waals surface area contributed by atoms with Crippen LogP contribution in [0, 0.1) is 0 Å². The van der Waals surface area contributed by atoms with Gasteiger partial charge in [0.25, 0.3) is 0 Å². The number of nitrogens with zero attached hydrogens (tertiary/aromatic N) is 4. The standard InChI is InChI=1S/C17H22N4O2.2C2HF3O2/c1-5-18-16(19-6-1)21-7-3-17(4-8-21)14-20(9-11-23-17)12-15-2-10-22-13-15;2*3-2(4,5)1(6)7/h1-2,5-6,10,13H,3-4,7-9,11-12,14H2;2*(H,6,7). The van der Waals surface area contributed by atoms with Crippen LogP contribution in [-0.2, 0) is 20.9 Å². The molecular formula is C21H24F6N4O6. The van der Waals surface area contributed by atoms with Crippen molar-refractivity contribution < 1.29 is 55.3 Å². The summed E-state index contributed by atoms with van der Waals surface area (Å²) in [6, 6.07) is 3.89. The molecule has 4 heterocycles. The first-order valence-corrected chi connectivity index (χ1v) is 10.7. The third-order valence-corrected chi connectivity index (χ3v) is 5.31. The molecule has 2 aromatic heterocycles. The summed E-state index contributed by atoms with van der Waals surface area (Å²) in [5, 5.41) is 14.2. The molecule has 0 saturated carbocycles. The van der Waals surface area contributed by atoms with Crippen molar-refractivity contribution in [2.45, 2.75) is 37.3 Å². The monoisotopic (exact) mass is 542 g/mol. The van der Waals surface area contributed by atoms with E-state index in [2.05, 4.69) is 19.8 Å². The van der Waals surface area contributed by atoms with Crippen LogP contribution in [0.5, 0.6) is 0 Å². The van der Waals surface area contributed by atoms with Crippen LogP contribution in [0.25, 0.3) is 0 Å². The van der Waals surface area contributed by atoms with E-state index in [9.17, 15) is 26.3 Å². The quantitative estimate of drug-likeness (QED) is 0.558. The Balaban J connectivity index is 0.000000286. The van der Waals surface area contributed by atoms with Crippen LogP contribution < -0.4 is 4.90 Å². The highest BCUT2D eigenvalue weighted by molar-refractivity contribution is 5.73. The van der Waals surface area contributed by atoms with Crippen molar-refractivity contribution in [3.8, 4) is 0 Å². The highest BCUT2D eigenvalue weighted by Crippen LogP contribution is 2.31. The lowest BCUT2D eigenvalue weighted by Crippen LogP contribution is -2.56. The average Bonchev–Trinajstić information content (AvgIpc) is 3.33. The molecule has 0 aliphatic carbocycles. The molecule has 4 rings (SSSR count). The van der Waals surface area contributed by atoms with Gasteiger partial charge in [-0.2, -0.15) is 26.3 Å². The molecule has 0 bridgehead atoms. The Bertz CT molecular complexity index is 956. The number of hydrogen-bond acceptors (Lipinski definition) is 8. The zero-order valence-corrected chi connectivity index (χ0v) is 19.2. The number of ether oxygens (including phenoxy) is 1. The normalized spacial score (nSPS) is 17.7. The number of hydrogen-bond donors (Lipinski definition) is 2. The predicted octanol–water partition coefficient (Wildman–Crippen LogP) is 3.21. The van der Waals surface area contributed by atoms with Crippen LogP contribution >= 0.6 is 0 Å². The number of halogens is 6. The maximum Gasteiger partial charge on any atom is 0.490 e. The number of anilines is 1. The van der Waals surface area contributed by atoms with Gasteiger partial charge >= 0.3 is 24.3 Å². The van der Waals surface area contributed by atoms with Gasteiger partial charge in [-0.1, -0.05) is 0 Å². The topological polar surface area (TPSA) is 129 Å². The van der Waals surface area contributed by atoms with Crippen LogP contribution in [0.4, 0.5) is 32.3 Å². The third kappa shape index (κ3) is 9.87. The Labute approximate surface area is 206 Å². The first-order valence-electron chi connectivity index (χ1n) is 10.7. The smallest absolute Gasteiger partial charge is 0.475 e. The van der Waals surface area contributed by atoms with E-state index in [1.807, 2.05) is 18.4 Å². The van der Waals surface area contributed by atoms with Crippen LogP contribution in [0.2, 0.25) is 0 Å². The van der Waals surface area contributed by atoms with Crippen LogP contribution in [0.1, 0.15) is 18.4 Å². The number of aromatic nitrogens is 2. The second-order valence-corrected chi connectivity index (χ2v) is 8.02. The number of furan rings is 1. The first-order chi connectivity index (χ1) is 17.2. The molecule has 2 aliphatic heterocycles. The van der Waals surface area contributed by atoms with Crippen LogP contribution in [-0.4, -0.2) is 87.8 Å². The molecule has 206 valence electrons. The minimum atomic E-state index is -5.08. The summed E-state index contributed by atoms with van der Waals surface area (Å²) in [6.07, 6.45) is -0.950. The Hall–Kier alpha value is -3.40. The summed E-state index contributed by atoms with van der Waals surface area (Å²) in [4.78, 5) is 31.2. The lowest BCUT2D eigenvalue weighted by molar-refractivity contribution is -0.193. The lowest BCUT2D eigenvalue weighted by atomic mass is 9.89. The van der Waals surface area contributed by atoms with Gasteiger partial charge in [-0.3, -0.25) is 4.90 Å². The molecule has 2 aliphatic rings. The molecule has 37 heavy (non-hydrogen) atoms. The van der Waals surface area contributed by atoms with Crippen molar-refractivity contribution in [2.24, 2.45) is 0 Å². The van der Waals surface area contributed by atoms with E-state index in [1.165, 1.54) is 5.56 Å². The summed E-state index contributed by atoms with van der Waals surface area (Å²) in [6.45, 7) is 5.61. The molecule has 2 N–H and O–H groups in total. The van der Waals surface area contributed by atoms with Crippen molar-refractivity contribution in [3.05, 3.63) is 42.6 Å². The maximum absolute atomic E-state index is 10.6. The molecule has 1 spiro atoms. The molecule has 0 radical (unpaired) electrons. The van der Waals surface area contributed by atoms with E-state index in [-0.39, 0.29) is 5.60 Å². The fraction of sp³-hybridized carbons (Fsp3) is 0.524. The fourth-order valence-electron chi connectivity index (χ4n) is 3.57. The summed E-state index contributed by atoms with van der Waals surface area (Å²) >= 11 is 0. The van der Waals surface area contributed by atoms with E-state index in [0.29, 0.717) is 0 Å². The zero-order valence-electron chi connectivity index (χ0n) is 19.2. The number of aliphatic carboxylic acids is 2. The van der Waals surface area contributed by atoms with Gasteiger partial charge in [0, 0.05) is 50.7 Å². The highest BCUT2D eigenvalue weighted by atomic mass is 19.4. The molecule has 2 fully saturated rings. The molecule has 0 unspecified atom stereocenters. The Morgan fingerprint density at radius 3 is 1.97 bits per heavy atom. The van der Waals surface area contributed by atoms with Gasteiger partial charge < -0.3 is 24.3 Å². The van der Waals surface area contributed by atoms with Gasteiger partial charge in [0.15, 0.2) is 0 Å². The summed E-state index contributed by atoms with van der Waals surface area (Å²) in [7, 11) is 0. The minimum absolute atomic E-state index is 0.0206. The largest absolute Gasteiger partial charge is 0.490 e. The minimum Gasteiger partial charge on any atom is -0.475 e. The number of morpholine rings is 1. The van der Waals surface area contributed by atoms with E-state index in [0.717, 1.165) is 58.1 Å². The van der Waals surface area contributed by atoms with Gasteiger partial charge in [0.1, 0.15) is 0 Å². The second-order valence-electron chi connectivity index (χ2n) is 8.02. The molecule has 0 aromatic carbocycles. The molecular weight excluding hydrogens is 518 g/mol. The molecule has 0 amide bonds. The first kappa shape index (κ1) is 29.8. The van der Waals surface area contributed by atoms with Crippen LogP contribution in [0.15, 0.2) is 41.5 Å². The molecule has 2 aromatic rings. The number of carbonyl (C=O) groups is 2. The van der Waals surface area contributed by atoms with Crippen molar-refractivity contribution in [1.82, 2.24) is 14.9 Å². The Morgan fingerprint density at radius 2 is 1.51 bits per heavy atom. The zero-order chi connectivity index (χ0) is 27.7. The van der Waals surface area contributed by atoms with E-state index >= 15 is 0 Å². The second kappa shape index (κ2) is 12.7. The lowest BCUT2D eigenvalue weighted by Gasteiger charge is -2.47.